The number of hydrogen-bond acceptors (Lipinski definition) is 7. The predicted molar refractivity (Wildman–Crippen MR) is 56.4 cm³/mol. The molecule has 0 aromatic carbocycles. The molecule has 0 radical (unpaired) electrons. The highest BCUT2D eigenvalue weighted by Gasteiger charge is 2.09. The molecule has 1 aromatic rings. The monoisotopic (exact) mass is 229 g/mol. The number of aldehydes is 1. The quantitative estimate of drug-likeness (QED) is 0.190. The molecule has 1 rings (SSSR count). The van der Waals surface area contributed by atoms with Crippen LogP contribution in [0.15, 0.2) is 6.20 Å². The lowest BCUT2D eigenvalue weighted by atomic mass is 10.1. The van der Waals surface area contributed by atoms with E-state index in [1.165, 1.54) is 6.20 Å². The summed E-state index contributed by atoms with van der Waals surface area (Å²) in [5.41, 5.74) is 2.83. The summed E-state index contributed by atoms with van der Waals surface area (Å²) in [5, 5.41) is 25.7. The molecule has 1 heterocycles. The van der Waals surface area contributed by atoms with Crippen LogP contribution in [-0.2, 0) is 6.61 Å². The van der Waals surface area contributed by atoms with Gasteiger partial charge in [0.2, 0.25) is 0 Å². The second-order valence-corrected chi connectivity index (χ2v) is 2.77. The Kier molecular flexibility index (Phi) is 6.97. The lowest BCUT2D eigenvalue weighted by Gasteiger charge is -2.04. The van der Waals surface area contributed by atoms with E-state index in [9.17, 15) is 9.90 Å². The van der Waals surface area contributed by atoms with E-state index < -0.39 is 0 Å². The number of hydrazine groups is 1. The first-order valence-corrected chi connectivity index (χ1v) is 4.40. The second kappa shape index (κ2) is 7.71. The Labute approximate surface area is 92.5 Å². The maximum Gasteiger partial charge on any atom is 0.154 e. The van der Waals surface area contributed by atoms with Crippen LogP contribution in [0.3, 0.4) is 0 Å². The average molecular weight is 229 g/mol. The normalized spacial score (nSPS) is 9.25. The lowest BCUT2D eigenvalue weighted by Crippen LogP contribution is -2.21. The zero-order valence-electron chi connectivity index (χ0n) is 8.84. The Bertz CT molecular complexity index is 342. The molecule has 0 aliphatic carbocycles. The zero-order chi connectivity index (χ0) is 12.6. The minimum atomic E-state index is -0.297. The molecule has 0 saturated carbocycles. The van der Waals surface area contributed by atoms with Crippen LogP contribution in [-0.4, -0.2) is 33.3 Å². The predicted octanol–water partition coefficient (Wildman–Crippen LogP) is -1.20. The highest BCUT2D eigenvalue weighted by atomic mass is 16.3. The number of aromatic hydroxyl groups is 1. The lowest BCUT2D eigenvalue weighted by molar-refractivity contribution is 0.111. The molecule has 0 fully saturated rings. The highest BCUT2D eigenvalue weighted by molar-refractivity contribution is 5.81. The summed E-state index contributed by atoms with van der Waals surface area (Å²) in [6, 6.07) is 0. The Balaban J connectivity index is 0.000000487. The van der Waals surface area contributed by atoms with E-state index in [1.54, 1.807) is 6.92 Å². The first-order chi connectivity index (χ1) is 7.62. The minimum absolute atomic E-state index is 0.116. The van der Waals surface area contributed by atoms with Crippen molar-refractivity contribution in [3.8, 4) is 5.75 Å². The van der Waals surface area contributed by atoms with Gasteiger partial charge in [0.25, 0.3) is 0 Å². The fourth-order valence-electron chi connectivity index (χ4n) is 0.910. The number of nitrogens with zero attached hydrogens (tertiary/aromatic N) is 1. The molecule has 0 bridgehead atoms. The number of nitrogens with two attached hydrogens (primary N) is 1. The van der Waals surface area contributed by atoms with Crippen molar-refractivity contribution in [2.45, 2.75) is 13.5 Å². The third-order valence-electron chi connectivity index (χ3n) is 1.74. The van der Waals surface area contributed by atoms with Crippen LogP contribution in [0.4, 0.5) is 0 Å². The van der Waals surface area contributed by atoms with Crippen molar-refractivity contribution in [2.24, 2.45) is 5.84 Å². The Hall–Kier alpha value is -1.54. The van der Waals surface area contributed by atoms with Gasteiger partial charge >= 0.3 is 0 Å². The maximum absolute atomic E-state index is 10.5. The van der Waals surface area contributed by atoms with Gasteiger partial charge in [-0.2, -0.15) is 0 Å². The van der Waals surface area contributed by atoms with Gasteiger partial charge in [0.15, 0.2) is 6.29 Å². The van der Waals surface area contributed by atoms with Crippen molar-refractivity contribution in [1.29, 1.82) is 0 Å². The molecule has 0 spiro atoms. The summed E-state index contributed by atoms with van der Waals surface area (Å²) in [4.78, 5) is 14.2. The number of nitrogens with one attached hydrogen (secondary N) is 1. The molecule has 0 saturated heterocycles. The molecule has 7 heteroatoms. The number of pyridine rings is 1. The Morgan fingerprint density at radius 1 is 1.56 bits per heavy atom. The number of rotatable bonds is 3. The maximum atomic E-state index is 10.5. The van der Waals surface area contributed by atoms with Gasteiger partial charge in [-0.05, 0) is 6.92 Å². The number of carbonyl (C=O) groups is 1. The standard InChI is InChI=1S/C8H9NO3.CH6N2O/c1-5-8(12)7(4-11)6(3-10)2-9-5;2-3-1-4/h2,4,10,12H,3H2,1H3;3-4H,1-2H2. The molecular weight excluding hydrogens is 214 g/mol. The van der Waals surface area contributed by atoms with Crippen molar-refractivity contribution in [3.63, 3.8) is 0 Å². The molecule has 0 aliphatic rings. The average Bonchev–Trinajstić information content (AvgIpc) is 2.32. The molecule has 0 atom stereocenters. The van der Waals surface area contributed by atoms with E-state index in [4.69, 9.17) is 10.2 Å². The summed E-state index contributed by atoms with van der Waals surface area (Å²) < 4.78 is 0. The van der Waals surface area contributed by atoms with Crippen LogP contribution in [0.25, 0.3) is 0 Å². The van der Waals surface area contributed by atoms with E-state index >= 15 is 0 Å². The SMILES string of the molecule is Cc1ncc(CO)c(C=O)c1O.NNCO. The molecule has 1 aromatic heterocycles. The minimum Gasteiger partial charge on any atom is -0.505 e. The van der Waals surface area contributed by atoms with Crippen molar-refractivity contribution in [1.82, 2.24) is 10.4 Å². The van der Waals surface area contributed by atoms with Gasteiger partial charge in [0.05, 0.1) is 17.9 Å². The van der Waals surface area contributed by atoms with Gasteiger partial charge in [-0.25, -0.2) is 5.43 Å². The molecule has 0 amide bonds. The third-order valence-corrected chi connectivity index (χ3v) is 1.74. The van der Waals surface area contributed by atoms with E-state index in [2.05, 4.69) is 10.8 Å². The van der Waals surface area contributed by atoms with Crippen LogP contribution < -0.4 is 11.3 Å². The topological polar surface area (TPSA) is 129 Å². The van der Waals surface area contributed by atoms with Crippen molar-refractivity contribution >= 4 is 6.29 Å². The molecule has 16 heavy (non-hydrogen) atoms. The van der Waals surface area contributed by atoms with E-state index in [0.717, 1.165) is 0 Å². The fourth-order valence-corrected chi connectivity index (χ4v) is 0.910. The smallest absolute Gasteiger partial charge is 0.154 e. The fraction of sp³-hybridized carbons (Fsp3) is 0.333. The van der Waals surface area contributed by atoms with E-state index in [1.807, 2.05) is 5.43 Å². The number of aliphatic hydroxyl groups excluding tert-OH is 2. The number of carbonyl (C=O) groups excluding carboxylic acids is 1. The summed E-state index contributed by atoms with van der Waals surface area (Å²) in [6.45, 7) is 1.14. The van der Waals surface area contributed by atoms with Gasteiger partial charge in [-0.1, -0.05) is 0 Å². The largest absolute Gasteiger partial charge is 0.505 e. The van der Waals surface area contributed by atoms with Crippen molar-refractivity contribution in [3.05, 3.63) is 23.0 Å². The number of aliphatic hydroxyl groups is 2. The summed E-state index contributed by atoms with van der Waals surface area (Å²) in [5.74, 6) is 4.37. The van der Waals surface area contributed by atoms with Crippen LogP contribution >= 0.6 is 0 Å². The number of aromatic nitrogens is 1. The van der Waals surface area contributed by atoms with Gasteiger partial charge in [0.1, 0.15) is 12.5 Å². The molecule has 90 valence electrons. The van der Waals surface area contributed by atoms with Crippen molar-refractivity contribution in [2.75, 3.05) is 6.73 Å². The molecule has 7 nitrogen and oxygen atoms in total. The zero-order valence-corrected chi connectivity index (χ0v) is 8.84. The highest BCUT2D eigenvalue weighted by Crippen LogP contribution is 2.21. The van der Waals surface area contributed by atoms with Crippen molar-refractivity contribution < 1.29 is 20.1 Å². The summed E-state index contributed by atoms with van der Waals surface area (Å²) in [6.07, 6.45) is 1.88. The van der Waals surface area contributed by atoms with E-state index in [-0.39, 0.29) is 24.7 Å². The summed E-state index contributed by atoms with van der Waals surface area (Å²) >= 11 is 0. The first-order valence-electron chi connectivity index (χ1n) is 4.40. The van der Waals surface area contributed by atoms with Gasteiger partial charge in [-0.3, -0.25) is 15.6 Å². The Morgan fingerprint density at radius 3 is 2.50 bits per heavy atom. The third kappa shape index (κ3) is 3.91. The van der Waals surface area contributed by atoms with Gasteiger partial charge in [-0.15, -0.1) is 0 Å². The summed E-state index contributed by atoms with van der Waals surface area (Å²) in [7, 11) is 0. The first kappa shape index (κ1) is 14.5. The van der Waals surface area contributed by atoms with Gasteiger partial charge < -0.3 is 15.3 Å². The van der Waals surface area contributed by atoms with Gasteiger partial charge in [0, 0.05) is 11.8 Å². The second-order valence-electron chi connectivity index (χ2n) is 2.77. The van der Waals surface area contributed by atoms with E-state index in [0.29, 0.717) is 17.5 Å². The molecule has 6 N–H and O–H groups in total. The van der Waals surface area contributed by atoms with Crippen LogP contribution in [0.5, 0.6) is 5.75 Å². The Morgan fingerprint density at radius 2 is 2.12 bits per heavy atom. The van der Waals surface area contributed by atoms with Crippen LogP contribution in [0.1, 0.15) is 21.6 Å². The van der Waals surface area contributed by atoms with Crippen LogP contribution in [0, 0.1) is 6.92 Å². The van der Waals surface area contributed by atoms with Crippen LogP contribution in [0.2, 0.25) is 0 Å². The molecular formula is C9H15N3O4. The number of hydrogen-bond donors (Lipinski definition) is 5. The number of aryl methyl sites for hydroxylation is 1. The molecule has 0 aliphatic heterocycles. The molecule has 0 unspecified atom stereocenters.